The summed E-state index contributed by atoms with van der Waals surface area (Å²) in [4.78, 5) is 10.5. The first kappa shape index (κ1) is 9.99. The minimum atomic E-state index is -0.852. The van der Waals surface area contributed by atoms with Gasteiger partial charge in [-0.3, -0.25) is 10.1 Å². The summed E-state index contributed by atoms with van der Waals surface area (Å²) in [5, 5.41) is 11.4. The lowest BCUT2D eigenvalue weighted by molar-refractivity contribution is -0.139. The molecule has 0 aliphatic heterocycles. The minimum absolute atomic E-state index is 0.184. The van der Waals surface area contributed by atoms with Gasteiger partial charge in [-0.25, -0.2) is 0 Å². The standard InChI is InChI=1S/C8H13NO2/c1-4-6(3)9-7(5-2)8(10)11/h1,6-7,9H,5H2,2-3H3,(H,10,11). The van der Waals surface area contributed by atoms with Crippen LogP contribution in [0.2, 0.25) is 0 Å². The Morgan fingerprint density at radius 1 is 1.82 bits per heavy atom. The summed E-state index contributed by atoms with van der Waals surface area (Å²) < 4.78 is 0. The van der Waals surface area contributed by atoms with Crippen LogP contribution in [0.4, 0.5) is 0 Å². The molecule has 11 heavy (non-hydrogen) atoms. The van der Waals surface area contributed by atoms with Crippen molar-refractivity contribution in [3.8, 4) is 12.3 Å². The van der Waals surface area contributed by atoms with Gasteiger partial charge in [0.1, 0.15) is 6.04 Å². The van der Waals surface area contributed by atoms with Crippen molar-refractivity contribution >= 4 is 5.97 Å². The first-order valence-electron chi connectivity index (χ1n) is 3.56. The molecule has 0 bridgehead atoms. The van der Waals surface area contributed by atoms with E-state index in [-0.39, 0.29) is 6.04 Å². The van der Waals surface area contributed by atoms with Gasteiger partial charge in [0.2, 0.25) is 0 Å². The predicted octanol–water partition coefficient (Wildman–Crippen LogP) is 0.461. The van der Waals surface area contributed by atoms with Crippen LogP contribution in [-0.4, -0.2) is 23.2 Å². The van der Waals surface area contributed by atoms with Gasteiger partial charge in [0, 0.05) is 0 Å². The molecule has 2 unspecified atom stereocenters. The highest BCUT2D eigenvalue weighted by Gasteiger charge is 2.15. The Kier molecular flexibility index (Phi) is 4.32. The fourth-order valence-corrected chi connectivity index (χ4v) is 0.714. The molecule has 3 heteroatoms. The number of nitrogens with one attached hydrogen (secondary N) is 1. The van der Waals surface area contributed by atoms with E-state index in [1.165, 1.54) is 0 Å². The van der Waals surface area contributed by atoms with Crippen molar-refractivity contribution in [2.45, 2.75) is 32.4 Å². The molecule has 0 aliphatic carbocycles. The monoisotopic (exact) mass is 155 g/mol. The van der Waals surface area contributed by atoms with Gasteiger partial charge in [0.25, 0.3) is 0 Å². The summed E-state index contributed by atoms with van der Waals surface area (Å²) in [7, 11) is 0. The second kappa shape index (κ2) is 4.75. The van der Waals surface area contributed by atoms with Gasteiger partial charge in [0.15, 0.2) is 0 Å². The van der Waals surface area contributed by atoms with Gasteiger partial charge < -0.3 is 5.11 Å². The Hall–Kier alpha value is -1.01. The van der Waals surface area contributed by atoms with Gasteiger partial charge in [-0.2, -0.15) is 0 Å². The molecule has 0 heterocycles. The molecule has 0 amide bonds. The Morgan fingerprint density at radius 2 is 2.36 bits per heavy atom. The normalized spacial score (nSPS) is 15.0. The topological polar surface area (TPSA) is 49.3 Å². The quantitative estimate of drug-likeness (QED) is 0.580. The lowest BCUT2D eigenvalue weighted by Crippen LogP contribution is -2.40. The molecule has 0 aromatic rings. The molecule has 3 nitrogen and oxygen atoms in total. The molecule has 0 aliphatic rings. The molecule has 0 saturated heterocycles. The van der Waals surface area contributed by atoms with Gasteiger partial charge in [-0.05, 0) is 13.3 Å². The summed E-state index contributed by atoms with van der Waals surface area (Å²) >= 11 is 0. The molecule has 0 rings (SSSR count). The van der Waals surface area contributed by atoms with Crippen molar-refractivity contribution in [1.82, 2.24) is 5.32 Å². The molecule has 0 saturated carbocycles. The van der Waals surface area contributed by atoms with Crippen LogP contribution in [0.3, 0.4) is 0 Å². The lowest BCUT2D eigenvalue weighted by atomic mass is 10.2. The molecule has 2 atom stereocenters. The molecule has 0 spiro atoms. The number of hydrogen-bond acceptors (Lipinski definition) is 2. The van der Waals surface area contributed by atoms with Gasteiger partial charge in [0.05, 0.1) is 6.04 Å². The highest BCUT2D eigenvalue weighted by molar-refractivity contribution is 5.73. The molecule has 0 aromatic heterocycles. The third kappa shape index (κ3) is 3.64. The number of carbonyl (C=O) groups is 1. The first-order chi connectivity index (χ1) is 5.11. The maximum atomic E-state index is 10.5. The van der Waals surface area contributed by atoms with Crippen molar-refractivity contribution in [3.63, 3.8) is 0 Å². The molecule has 2 N–H and O–H groups in total. The van der Waals surface area contributed by atoms with Crippen molar-refractivity contribution in [3.05, 3.63) is 0 Å². The van der Waals surface area contributed by atoms with E-state index in [0.29, 0.717) is 6.42 Å². The summed E-state index contributed by atoms with van der Waals surface area (Å²) in [5.41, 5.74) is 0. The fraction of sp³-hybridized carbons (Fsp3) is 0.625. The average Bonchev–Trinajstić information content (AvgIpc) is 1.99. The lowest BCUT2D eigenvalue weighted by Gasteiger charge is -2.13. The molecular formula is C8H13NO2. The zero-order valence-electron chi connectivity index (χ0n) is 6.79. The zero-order valence-corrected chi connectivity index (χ0v) is 6.79. The Balaban J connectivity index is 3.90. The fourth-order valence-electron chi connectivity index (χ4n) is 0.714. The van der Waals surface area contributed by atoms with E-state index in [1.807, 2.05) is 0 Å². The molecule has 0 aromatic carbocycles. The number of rotatable bonds is 4. The number of carboxylic acid groups (broad SMARTS) is 1. The maximum absolute atomic E-state index is 10.5. The second-order valence-corrected chi connectivity index (χ2v) is 2.35. The first-order valence-corrected chi connectivity index (χ1v) is 3.56. The summed E-state index contributed by atoms with van der Waals surface area (Å²) in [6.07, 6.45) is 5.61. The number of carboxylic acids is 1. The van der Waals surface area contributed by atoms with Crippen LogP contribution in [0.1, 0.15) is 20.3 Å². The van der Waals surface area contributed by atoms with Crippen molar-refractivity contribution in [2.75, 3.05) is 0 Å². The van der Waals surface area contributed by atoms with E-state index < -0.39 is 12.0 Å². The number of aliphatic carboxylic acids is 1. The van der Waals surface area contributed by atoms with Gasteiger partial charge in [-0.15, -0.1) is 6.42 Å². The summed E-state index contributed by atoms with van der Waals surface area (Å²) in [6.45, 7) is 3.56. The van der Waals surface area contributed by atoms with E-state index in [9.17, 15) is 4.79 Å². The molecule has 0 radical (unpaired) electrons. The third-order valence-electron chi connectivity index (χ3n) is 1.41. The van der Waals surface area contributed by atoms with Crippen LogP contribution in [0.15, 0.2) is 0 Å². The van der Waals surface area contributed by atoms with E-state index >= 15 is 0 Å². The highest BCUT2D eigenvalue weighted by atomic mass is 16.4. The Labute approximate surface area is 66.8 Å². The largest absolute Gasteiger partial charge is 0.480 e. The molecule has 0 fully saturated rings. The summed E-state index contributed by atoms with van der Waals surface area (Å²) in [6, 6.07) is -0.711. The van der Waals surface area contributed by atoms with Crippen LogP contribution >= 0.6 is 0 Å². The average molecular weight is 155 g/mol. The van der Waals surface area contributed by atoms with E-state index in [4.69, 9.17) is 11.5 Å². The third-order valence-corrected chi connectivity index (χ3v) is 1.41. The Bertz CT molecular complexity index is 171. The Morgan fingerprint density at radius 3 is 2.64 bits per heavy atom. The smallest absolute Gasteiger partial charge is 0.320 e. The SMILES string of the molecule is C#CC(C)NC(CC)C(=O)O. The van der Waals surface area contributed by atoms with Crippen molar-refractivity contribution in [2.24, 2.45) is 0 Å². The van der Waals surface area contributed by atoms with Crippen LogP contribution < -0.4 is 5.32 Å². The van der Waals surface area contributed by atoms with E-state index in [2.05, 4.69) is 11.2 Å². The minimum Gasteiger partial charge on any atom is -0.480 e. The van der Waals surface area contributed by atoms with E-state index in [1.54, 1.807) is 13.8 Å². The highest BCUT2D eigenvalue weighted by Crippen LogP contribution is 1.92. The second-order valence-electron chi connectivity index (χ2n) is 2.35. The van der Waals surface area contributed by atoms with Gasteiger partial charge >= 0.3 is 5.97 Å². The van der Waals surface area contributed by atoms with Crippen LogP contribution in [-0.2, 0) is 4.79 Å². The number of hydrogen-bond donors (Lipinski definition) is 2. The zero-order chi connectivity index (χ0) is 8.85. The van der Waals surface area contributed by atoms with Gasteiger partial charge in [-0.1, -0.05) is 12.8 Å². The van der Waals surface area contributed by atoms with Crippen LogP contribution in [0.5, 0.6) is 0 Å². The maximum Gasteiger partial charge on any atom is 0.320 e. The molecule has 62 valence electrons. The number of terminal acetylenes is 1. The van der Waals surface area contributed by atoms with Crippen LogP contribution in [0, 0.1) is 12.3 Å². The predicted molar refractivity (Wildman–Crippen MR) is 43.1 cm³/mol. The van der Waals surface area contributed by atoms with Crippen molar-refractivity contribution in [1.29, 1.82) is 0 Å². The van der Waals surface area contributed by atoms with E-state index in [0.717, 1.165) is 0 Å². The molecular weight excluding hydrogens is 142 g/mol. The van der Waals surface area contributed by atoms with Crippen LogP contribution in [0.25, 0.3) is 0 Å². The summed E-state index contributed by atoms with van der Waals surface area (Å²) in [5.74, 6) is 1.56. The van der Waals surface area contributed by atoms with Crippen molar-refractivity contribution < 1.29 is 9.90 Å².